The van der Waals surface area contributed by atoms with Crippen LogP contribution < -0.4 is 4.57 Å². The number of aryl methyl sites for hydroxylation is 1. The number of carbonyl (C=O) groups is 1. The van der Waals surface area contributed by atoms with Crippen molar-refractivity contribution in [3.8, 4) is 0 Å². The predicted octanol–water partition coefficient (Wildman–Crippen LogP) is 7.22. The summed E-state index contributed by atoms with van der Waals surface area (Å²) < 4.78 is 14.6. The van der Waals surface area contributed by atoms with Gasteiger partial charge in [-0.05, 0) is 47.9 Å². The molecule has 0 radical (unpaired) electrons. The summed E-state index contributed by atoms with van der Waals surface area (Å²) in [6.45, 7) is 6.68. The SMILES string of the molecule is Cc1ccccc1S/C(=C/C1=C(SCCOCCOCCO)C(=C\c2sc3ccccc3[n+]2Cc2ccccc2)/C1=O)[C@@H](C)CCO. The van der Waals surface area contributed by atoms with E-state index in [1.54, 1.807) is 34.9 Å². The number of hydrogen-bond acceptors (Lipinski definition) is 8. The minimum absolute atomic E-state index is 0.00434. The molecule has 47 heavy (non-hydrogen) atoms. The summed E-state index contributed by atoms with van der Waals surface area (Å²) in [5, 5.41) is 19.7. The lowest BCUT2D eigenvalue weighted by Gasteiger charge is -2.25. The summed E-state index contributed by atoms with van der Waals surface area (Å²) in [7, 11) is 0. The largest absolute Gasteiger partial charge is 0.396 e. The van der Waals surface area contributed by atoms with Crippen LogP contribution in [0.3, 0.4) is 0 Å². The van der Waals surface area contributed by atoms with E-state index in [-0.39, 0.29) is 24.9 Å². The second-order valence-electron chi connectivity index (χ2n) is 11.2. The predicted molar refractivity (Wildman–Crippen MR) is 195 cm³/mol. The van der Waals surface area contributed by atoms with Gasteiger partial charge in [-0.25, -0.2) is 0 Å². The number of para-hydroxylation sites is 1. The van der Waals surface area contributed by atoms with Gasteiger partial charge in [0.25, 0.3) is 5.01 Å². The highest BCUT2D eigenvalue weighted by Crippen LogP contribution is 2.44. The molecule has 0 aliphatic heterocycles. The van der Waals surface area contributed by atoms with Crippen molar-refractivity contribution in [1.82, 2.24) is 0 Å². The summed E-state index contributed by atoms with van der Waals surface area (Å²) in [5.41, 5.74) is 4.95. The van der Waals surface area contributed by atoms with Crippen LogP contribution in [-0.2, 0) is 20.8 Å². The standard InChI is InChI=1S/C38H42NO5S3/c1-27-10-6-8-14-33(27)46-35(28(2)16-17-40)24-30-37(42)31(38(30)45-23-22-44-21-20-43-19-18-41)25-36-39(26-29-11-4-3-5-12-29)32-13-7-9-15-34(32)47-36/h3-15,24-25,28,40-41H,16-23,26H2,1-2H3/q+1/b31-25-,35-24+/t28-/m0/s1. The van der Waals surface area contributed by atoms with Gasteiger partial charge < -0.3 is 19.7 Å². The van der Waals surface area contributed by atoms with Gasteiger partial charge in [0.2, 0.25) is 5.52 Å². The molecule has 1 aliphatic carbocycles. The van der Waals surface area contributed by atoms with Crippen molar-refractivity contribution in [3.05, 3.63) is 122 Å². The van der Waals surface area contributed by atoms with Crippen LogP contribution in [0.25, 0.3) is 16.3 Å². The van der Waals surface area contributed by atoms with Crippen molar-refractivity contribution in [3.63, 3.8) is 0 Å². The van der Waals surface area contributed by atoms with Crippen LogP contribution in [0, 0.1) is 12.8 Å². The third-order valence-electron chi connectivity index (χ3n) is 7.80. The third kappa shape index (κ3) is 9.32. The Hall–Kier alpha value is -3.02. The van der Waals surface area contributed by atoms with Gasteiger partial charge in [-0.2, -0.15) is 4.57 Å². The number of hydrogen-bond donors (Lipinski definition) is 2. The Kier molecular flexibility index (Phi) is 13.5. The van der Waals surface area contributed by atoms with E-state index in [0.29, 0.717) is 50.7 Å². The van der Waals surface area contributed by atoms with E-state index >= 15 is 0 Å². The second-order valence-corrected chi connectivity index (χ2v) is 14.5. The van der Waals surface area contributed by atoms with Gasteiger partial charge in [0.1, 0.15) is 4.70 Å². The molecule has 1 atom stereocenters. The highest BCUT2D eigenvalue weighted by atomic mass is 32.2. The van der Waals surface area contributed by atoms with Crippen molar-refractivity contribution in [2.75, 3.05) is 45.4 Å². The fourth-order valence-corrected chi connectivity index (χ4v) is 8.45. The Bertz CT molecular complexity index is 1740. The van der Waals surface area contributed by atoms with Crippen LogP contribution in [-0.4, -0.2) is 61.4 Å². The topological polar surface area (TPSA) is 79.9 Å². The molecule has 0 bridgehead atoms. The number of aromatic nitrogens is 1. The molecule has 2 N–H and O–H groups in total. The molecule has 4 aromatic rings. The fourth-order valence-electron chi connectivity index (χ4n) is 5.20. The van der Waals surface area contributed by atoms with Crippen molar-refractivity contribution in [2.24, 2.45) is 5.92 Å². The van der Waals surface area contributed by atoms with E-state index in [4.69, 9.17) is 14.6 Å². The van der Waals surface area contributed by atoms with Gasteiger partial charge in [-0.3, -0.25) is 4.79 Å². The molecule has 1 aliphatic rings. The molecule has 1 aromatic heterocycles. The van der Waals surface area contributed by atoms with Crippen molar-refractivity contribution < 1.29 is 29.0 Å². The number of thioether (sulfide) groups is 2. The van der Waals surface area contributed by atoms with Crippen LogP contribution in [0.15, 0.2) is 111 Å². The Morgan fingerprint density at radius 3 is 2.40 bits per heavy atom. The smallest absolute Gasteiger partial charge is 0.263 e. The summed E-state index contributed by atoms with van der Waals surface area (Å²) in [6.07, 6.45) is 4.72. The van der Waals surface area contributed by atoms with Gasteiger partial charge >= 0.3 is 0 Å². The van der Waals surface area contributed by atoms with Gasteiger partial charge in [-0.1, -0.05) is 90.7 Å². The average molecular weight is 689 g/mol. The molecule has 5 rings (SSSR count). The summed E-state index contributed by atoms with van der Waals surface area (Å²) in [6, 6.07) is 27.0. The van der Waals surface area contributed by atoms with Gasteiger partial charge in [0, 0.05) is 51.0 Å². The van der Waals surface area contributed by atoms with Gasteiger partial charge in [-0.15, -0.1) is 11.8 Å². The van der Waals surface area contributed by atoms with Crippen molar-refractivity contribution in [2.45, 2.75) is 31.7 Å². The van der Waals surface area contributed by atoms with E-state index in [1.807, 2.05) is 24.3 Å². The number of benzene rings is 3. The molecule has 0 fully saturated rings. The molecule has 3 aromatic carbocycles. The zero-order valence-corrected chi connectivity index (χ0v) is 29.3. The summed E-state index contributed by atoms with van der Waals surface area (Å²) >= 11 is 5.01. The number of rotatable bonds is 18. The van der Waals surface area contributed by atoms with Gasteiger partial charge in [0.05, 0.1) is 33.0 Å². The normalized spacial score (nSPS) is 15.1. The lowest BCUT2D eigenvalue weighted by Crippen LogP contribution is -2.36. The van der Waals surface area contributed by atoms with Crippen molar-refractivity contribution in [1.29, 1.82) is 0 Å². The average Bonchev–Trinajstić information content (AvgIpc) is 3.43. The van der Waals surface area contributed by atoms with Crippen LogP contribution in [0.5, 0.6) is 0 Å². The Morgan fingerprint density at radius 2 is 1.64 bits per heavy atom. The van der Waals surface area contributed by atoms with Crippen LogP contribution in [0.4, 0.5) is 0 Å². The molecule has 6 nitrogen and oxygen atoms in total. The van der Waals surface area contributed by atoms with Crippen molar-refractivity contribution >= 4 is 56.9 Å². The summed E-state index contributed by atoms with van der Waals surface area (Å²) in [4.78, 5) is 17.2. The number of aliphatic hydroxyl groups is 2. The van der Waals surface area contributed by atoms with Crippen LogP contribution in [0.2, 0.25) is 0 Å². The molecule has 0 unspecified atom stereocenters. The molecule has 0 spiro atoms. The van der Waals surface area contributed by atoms with Crippen LogP contribution >= 0.6 is 34.9 Å². The lowest BCUT2D eigenvalue weighted by atomic mass is 9.88. The van der Waals surface area contributed by atoms with E-state index in [0.717, 1.165) is 30.8 Å². The van der Waals surface area contributed by atoms with E-state index in [1.165, 1.54) is 15.8 Å². The number of ether oxygens (including phenoxy) is 2. The fraction of sp³-hybridized carbons (Fsp3) is 0.316. The molecule has 1 heterocycles. The van der Waals surface area contributed by atoms with E-state index in [2.05, 4.69) is 85.2 Å². The first-order chi connectivity index (χ1) is 23.0. The number of thiazole rings is 1. The zero-order chi connectivity index (χ0) is 33.0. The molecule has 0 saturated carbocycles. The number of aliphatic hydroxyl groups excluding tert-OH is 2. The number of allylic oxidation sites excluding steroid dienone is 4. The molecular formula is C38H42NO5S3+. The number of ketones is 1. The lowest BCUT2D eigenvalue weighted by molar-refractivity contribution is -0.659. The molecule has 246 valence electrons. The molecule has 0 amide bonds. The van der Waals surface area contributed by atoms with E-state index < -0.39 is 0 Å². The first-order valence-corrected chi connectivity index (χ1v) is 18.5. The number of Topliss-reactive ketones (excluding diaryl/α,β-unsaturated/α-hetero) is 1. The molecule has 9 heteroatoms. The minimum Gasteiger partial charge on any atom is -0.396 e. The van der Waals surface area contributed by atoms with Gasteiger partial charge in [0.15, 0.2) is 12.3 Å². The Balaban J connectivity index is 1.50. The second kappa shape index (κ2) is 17.9. The highest BCUT2D eigenvalue weighted by Gasteiger charge is 2.35. The molecule has 0 saturated heterocycles. The number of carbonyl (C=O) groups excluding carboxylic acids is 1. The first-order valence-electron chi connectivity index (χ1n) is 15.9. The number of fused-ring (bicyclic) bond motifs is 1. The van der Waals surface area contributed by atoms with E-state index in [9.17, 15) is 9.90 Å². The first kappa shape index (κ1) is 35.3. The monoisotopic (exact) mass is 688 g/mol. The maximum atomic E-state index is 14.0. The van der Waals surface area contributed by atoms with Crippen LogP contribution in [0.1, 0.15) is 29.5 Å². The quantitative estimate of drug-likeness (QED) is 0.0495. The molecular weight excluding hydrogens is 647 g/mol. The zero-order valence-electron chi connectivity index (χ0n) is 26.9. The Labute approximate surface area is 289 Å². The highest BCUT2D eigenvalue weighted by molar-refractivity contribution is 8.03. The third-order valence-corrected chi connectivity index (χ3v) is 11.4. The maximum absolute atomic E-state index is 14.0. The minimum atomic E-state index is -0.00434. The number of nitrogens with zero attached hydrogens (tertiary/aromatic N) is 1. The summed E-state index contributed by atoms with van der Waals surface area (Å²) in [5.74, 6) is 0.802. The Morgan fingerprint density at radius 1 is 0.915 bits per heavy atom. The maximum Gasteiger partial charge on any atom is 0.263 e.